The van der Waals surface area contributed by atoms with Gasteiger partial charge in [-0.3, -0.25) is 4.90 Å². The molecule has 1 spiro atoms. The third-order valence-electron chi connectivity index (χ3n) is 6.07. The molecule has 1 aromatic carbocycles. The maximum Gasteiger partial charge on any atom is 0.213 e. The molecule has 2 aromatic rings. The van der Waals surface area contributed by atoms with Crippen LogP contribution in [0.25, 0.3) is 0 Å². The van der Waals surface area contributed by atoms with Gasteiger partial charge < -0.3 is 14.6 Å². The minimum absolute atomic E-state index is 0.470. The molecule has 138 valence electrons. The van der Waals surface area contributed by atoms with Crippen LogP contribution in [-0.4, -0.2) is 39.9 Å². The molecule has 1 saturated heterocycles. The van der Waals surface area contributed by atoms with Crippen LogP contribution in [0.2, 0.25) is 0 Å². The molecule has 3 heterocycles. The molecule has 5 nitrogen and oxygen atoms in total. The average Bonchev–Trinajstić information content (AvgIpc) is 3.16. The van der Waals surface area contributed by atoms with E-state index in [1.165, 1.54) is 30.6 Å². The van der Waals surface area contributed by atoms with Crippen LogP contribution in [-0.2, 0) is 11.3 Å². The van der Waals surface area contributed by atoms with E-state index in [2.05, 4.69) is 9.88 Å². The van der Waals surface area contributed by atoms with Crippen molar-refractivity contribution in [2.45, 2.75) is 56.6 Å². The number of aliphatic hydroxyl groups excluding tert-OH is 1. The minimum Gasteiger partial charge on any atom is -0.462 e. The highest BCUT2D eigenvalue weighted by Crippen LogP contribution is 2.40. The van der Waals surface area contributed by atoms with Crippen molar-refractivity contribution in [1.82, 2.24) is 9.88 Å². The SMILES string of the molecule is OC(c1ccc2c(c1)COC1(CCN(C3CCC3)CC1)O2)c1cscn1. The summed E-state index contributed by atoms with van der Waals surface area (Å²) < 4.78 is 12.5. The van der Waals surface area contributed by atoms with Gasteiger partial charge >= 0.3 is 0 Å². The number of benzene rings is 1. The first-order valence-corrected chi connectivity index (χ1v) is 10.4. The van der Waals surface area contributed by atoms with Crippen molar-refractivity contribution in [2.24, 2.45) is 0 Å². The Labute approximate surface area is 157 Å². The molecule has 6 heteroatoms. The number of hydrogen-bond donors (Lipinski definition) is 1. The Morgan fingerprint density at radius 1 is 1.27 bits per heavy atom. The molecule has 5 rings (SSSR count). The van der Waals surface area contributed by atoms with Crippen LogP contribution < -0.4 is 4.74 Å². The van der Waals surface area contributed by atoms with E-state index in [0.717, 1.165) is 48.8 Å². The van der Waals surface area contributed by atoms with Crippen LogP contribution in [0.3, 0.4) is 0 Å². The zero-order chi connectivity index (χ0) is 17.6. The maximum absolute atomic E-state index is 10.5. The summed E-state index contributed by atoms with van der Waals surface area (Å²) in [6.45, 7) is 2.65. The Morgan fingerprint density at radius 2 is 2.12 bits per heavy atom. The highest BCUT2D eigenvalue weighted by molar-refractivity contribution is 7.07. The fourth-order valence-corrected chi connectivity index (χ4v) is 4.75. The highest BCUT2D eigenvalue weighted by Gasteiger charge is 2.42. The zero-order valence-electron chi connectivity index (χ0n) is 14.8. The van der Waals surface area contributed by atoms with Gasteiger partial charge in [0.15, 0.2) is 0 Å². The quantitative estimate of drug-likeness (QED) is 0.894. The Balaban J connectivity index is 1.29. The summed E-state index contributed by atoms with van der Waals surface area (Å²) >= 11 is 1.49. The fraction of sp³-hybridized carbons (Fsp3) is 0.550. The molecular weight excluding hydrogens is 348 g/mol. The predicted molar refractivity (Wildman–Crippen MR) is 99.2 cm³/mol. The lowest BCUT2D eigenvalue weighted by Crippen LogP contribution is -2.54. The zero-order valence-corrected chi connectivity index (χ0v) is 15.6. The highest BCUT2D eigenvalue weighted by atomic mass is 32.1. The summed E-state index contributed by atoms with van der Waals surface area (Å²) in [5, 5.41) is 12.4. The predicted octanol–water partition coefficient (Wildman–Crippen LogP) is 3.48. The van der Waals surface area contributed by atoms with E-state index in [-0.39, 0.29) is 0 Å². The van der Waals surface area contributed by atoms with Gasteiger partial charge in [-0.25, -0.2) is 4.98 Å². The first-order chi connectivity index (χ1) is 12.7. The lowest BCUT2D eigenvalue weighted by atomic mass is 9.89. The number of thiazole rings is 1. The van der Waals surface area contributed by atoms with Crippen LogP contribution in [0.15, 0.2) is 29.1 Å². The van der Waals surface area contributed by atoms with Gasteiger partial charge in [0, 0.05) is 42.9 Å². The lowest BCUT2D eigenvalue weighted by Gasteiger charge is -2.47. The van der Waals surface area contributed by atoms with Crippen molar-refractivity contribution >= 4 is 11.3 Å². The van der Waals surface area contributed by atoms with Gasteiger partial charge in [0.25, 0.3) is 0 Å². The second-order valence-electron chi connectivity index (χ2n) is 7.61. The van der Waals surface area contributed by atoms with E-state index >= 15 is 0 Å². The van der Waals surface area contributed by atoms with Crippen molar-refractivity contribution in [1.29, 1.82) is 0 Å². The normalized spacial score (nSPS) is 23.9. The monoisotopic (exact) mass is 372 g/mol. The molecule has 26 heavy (non-hydrogen) atoms. The minimum atomic E-state index is -0.701. The first-order valence-electron chi connectivity index (χ1n) is 9.48. The fourth-order valence-electron chi connectivity index (χ4n) is 4.18. The number of fused-ring (bicyclic) bond motifs is 1. The van der Waals surface area contributed by atoms with Crippen molar-refractivity contribution in [2.75, 3.05) is 13.1 Å². The van der Waals surface area contributed by atoms with Crippen LogP contribution in [0.4, 0.5) is 0 Å². The van der Waals surface area contributed by atoms with E-state index in [0.29, 0.717) is 12.3 Å². The standard InChI is InChI=1S/C20H24N2O3S/c23-19(17-12-26-13-21-17)14-4-5-18-15(10-14)11-24-20(25-18)6-8-22(9-7-20)16-2-1-3-16/h4-5,10,12-13,16,19,23H,1-3,6-9,11H2. The Bertz CT molecular complexity index is 767. The van der Waals surface area contributed by atoms with Gasteiger partial charge in [-0.15, -0.1) is 11.3 Å². The summed E-state index contributed by atoms with van der Waals surface area (Å²) in [6.07, 6.45) is 5.22. The van der Waals surface area contributed by atoms with Crippen molar-refractivity contribution in [3.63, 3.8) is 0 Å². The number of likely N-dealkylation sites (tertiary alicyclic amines) is 1. The first kappa shape index (κ1) is 16.7. The number of ether oxygens (including phenoxy) is 2. The van der Waals surface area contributed by atoms with Crippen molar-refractivity contribution in [3.8, 4) is 5.75 Å². The number of rotatable bonds is 3. The molecule has 1 atom stereocenters. The summed E-state index contributed by atoms with van der Waals surface area (Å²) in [7, 11) is 0. The molecule has 1 unspecified atom stereocenters. The van der Waals surface area contributed by atoms with Gasteiger partial charge in [0.05, 0.1) is 17.8 Å². The number of hydrogen-bond acceptors (Lipinski definition) is 6. The maximum atomic E-state index is 10.5. The Hall–Kier alpha value is -1.47. The average molecular weight is 372 g/mol. The smallest absolute Gasteiger partial charge is 0.213 e. The summed E-state index contributed by atoms with van der Waals surface area (Å²) in [5.41, 5.74) is 4.26. The lowest BCUT2D eigenvalue weighted by molar-refractivity contribution is -0.231. The van der Waals surface area contributed by atoms with E-state index in [4.69, 9.17) is 9.47 Å². The number of nitrogens with zero attached hydrogens (tertiary/aromatic N) is 2. The second-order valence-corrected chi connectivity index (χ2v) is 8.32. The number of aromatic nitrogens is 1. The largest absolute Gasteiger partial charge is 0.462 e. The molecular formula is C20H24N2O3S. The van der Waals surface area contributed by atoms with Crippen molar-refractivity contribution < 1.29 is 14.6 Å². The number of piperidine rings is 1. The third kappa shape index (κ3) is 2.95. The topological polar surface area (TPSA) is 54.8 Å². The number of aliphatic hydroxyl groups is 1. The van der Waals surface area contributed by atoms with E-state index in [1.807, 2.05) is 23.6 Å². The van der Waals surface area contributed by atoms with Crippen LogP contribution in [0.1, 0.15) is 55.0 Å². The molecule has 3 aliphatic rings. The summed E-state index contributed by atoms with van der Waals surface area (Å²) in [5.74, 6) is 0.421. The van der Waals surface area contributed by atoms with E-state index in [9.17, 15) is 5.11 Å². The third-order valence-corrected chi connectivity index (χ3v) is 6.67. The van der Waals surface area contributed by atoms with Crippen LogP contribution in [0.5, 0.6) is 5.75 Å². The van der Waals surface area contributed by atoms with Gasteiger partial charge in [-0.05, 0) is 30.5 Å². The molecule has 1 N–H and O–H groups in total. The van der Waals surface area contributed by atoms with Gasteiger partial charge in [0.2, 0.25) is 5.79 Å². The van der Waals surface area contributed by atoms with Crippen LogP contribution in [0, 0.1) is 0 Å². The molecule has 2 aliphatic heterocycles. The molecule has 0 amide bonds. The second kappa shape index (κ2) is 6.60. The Morgan fingerprint density at radius 3 is 2.81 bits per heavy atom. The Kier molecular flexibility index (Phi) is 4.24. The summed E-state index contributed by atoms with van der Waals surface area (Å²) in [4.78, 5) is 6.81. The van der Waals surface area contributed by atoms with E-state index < -0.39 is 11.9 Å². The molecule has 0 radical (unpaired) electrons. The van der Waals surface area contributed by atoms with Crippen LogP contribution >= 0.6 is 11.3 Å². The van der Waals surface area contributed by atoms with Crippen molar-refractivity contribution in [3.05, 3.63) is 45.9 Å². The van der Waals surface area contributed by atoms with Gasteiger partial charge in [-0.2, -0.15) is 0 Å². The molecule has 1 saturated carbocycles. The van der Waals surface area contributed by atoms with Gasteiger partial charge in [0.1, 0.15) is 11.9 Å². The molecule has 1 aliphatic carbocycles. The van der Waals surface area contributed by atoms with Gasteiger partial charge in [-0.1, -0.05) is 12.5 Å². The summed E-state index contributed by atoms with van der Waals surface area (Å²) in [6, 6.07) is 6.68. The molecule has 1 aromatic heterocycles. The molecule has 0 bridgehead atoms. The molecule has 2 fully saturated rings. The van der Waals surface area contributed by atoms with E-state index in [1.54, 1.807) is 5.51 Å².